The number of nitriles is 1. The van der Waals surface area contributed by atoms with Crippen molar-refractivity contribution in [2.45, 2.75) is 45.6 Å². The molecule has 3 aromatic rings. The summed E-state index contributed by atoms with van der Waals surface area (Å²) in [6.07, 6.45) is 3.46. The molecule has 1 heterocycles. The summed E-state index contributed by atoms with van der Waals surface area (Å²) in [6.45, 7) is 11.3. The Balaban J connectivity index is 1.16. The molecule has 4 rings (SSSR count). The summed E-state index contributed by atoms with van der Waals surface area (Å²) in [7, 11) is 0. The van der Waals surface area contributed by atoms with Gasteiger partial charge in [-0.05, 0) is 73.5 Å². The lowest BCUT2D eigenvalue weighted by atomic mass is 9.90. The molecule has 1 atom stereocenters. The van der Waals surface area contributed by atoms with Gasteiger partial charge in [0.1, 0.15) is 19.0 Å². The van der Waals surface area contributed by atoms with Crippen molar-refractivity contribution in [2.24, 2.45) is 0 Å². The Morgan fingerprint density at radius 1 is 0.897 bits per heavy atom. The normalized spacial score (nSPS) is 15.0. The van der Waals surface area contributed by atoms with E-state index in [1.807, 2.05) is 43.3 Å². The fourth-order valence-corrected chi connectivity index (χ4v) is 5.20. The fourth-order valence-electron chi connectivity index (χ4n) is 5.20. The molecule has 0 saturated carbocycles. The lowest BCUT2D eigenvalue weighted by Crippen LogP contribution is -2.47. The van der Waals surface area contributed by atoms with Gasteiger partial charge in [-0.3, -0.25) is 4.90 Å². The zero-order valence-corrected chi connectivity index (χ0v) is 23.2. The summed E-state index contributed by atoms with van der Waals surface area (Å²) in [5, 5.41) is 9.20. The third-order valence-corrected chi connectivity index (χ3v) is 7.63. The molecule has 0 spiro atoms. The van der Waals surface area contributed by atoms with E-state index in [1.54, 1.807) is 6.07 Å². The van der Waals surface area contributed by atoms with Crippen LogP contribution in [-0.2, 0) is 6.61 Å². The molecular weight excluding hydrogens is 489 g/mol. The summed E-state index contributed by atoms with van der Waals surface area (Å²) >= 11 is 0. The number of aryl methyl sites for hydroxylation is 1. The predicted octanol–water partition coefficient (Wildman–Crippen LogP) is 6.56. The van der Waals surface area contributed by atoms with Gasteiger partial charge in [-0.2, -0.15) is 5.26 Å². The van der Waals surface area contributed by atoms with Crippen LogP contribution in [0.4, 0.5) is 4.39 Å². The molecule has 1 aliphatic heterocycles. The predicted molar refractivity (Wildman–Crippen MR) is 154 cm³/mol. The van der Waals surface area contributed by atoms with Crippen LogP contribution in [0.1, 0.15) is 54.4 Å². The SMILES string of the molecule is CCC(CCCN1CCN(CCOc2ccc(F)cc2OCc2ccccc2)CC1)c1ccc(C#N)c(C)c1. The van der Waals surface area contributed by atoms with Crippen LogP contribution in [-0.4, -0.2) is 55.7 Å². The number of hydrogen-bond donors (Lipinski definition) is 0. The van der Waals surface area contributed by atoms with Crippen molar-refractivity contribution >= 4 is 0 Å². The first-order chi connectivity index (χ1) is 19.1. The largest absolute Gasteiger partial charge is 0.488 e. The maximum absolute atomic E-state index is 13.8. The minimum Gasteiger partial charge on any atom is -0.488 e. The summed E-state index contributed by atoms with van der Waals surface area (Å²) in [4.78, 5) is 4.99. The van der Waals surface area contributed by atoms with Gasteiger partial charge in [-0.1, -0.05) is 49.4 Å². The highest BCUT2D eigenvalue weighted by Gasteiger charge is 2.18. The quantitative estimate of drug-likeness (QED) is 0.251. The summed E-state index contributed by atoms with van der Waals surface area (Å²) in [6, 6.07) is 22.9. The standard InChI is InChI=1S/C33H40FN3O2/c1-3-28(29-11-12-30(24-35)26(2)22-29)10-7-15-36-16-18-37(19-17-36)20-21-38-32-14-13-31(34)23-33(32)39-25-27-8-5-4-6-9-27/h4-6,8-9,11-14,22-23,28H,3,7,10,15-21,25H2,1-2H3. The molecule has 1 saturated heterocycles. The average Bonchev–Trinajstić information content (AvgIpc) is 2.96. The minimum absolute atomic E-state index is 0.334. The van der Waals surface area contributed by atoms with Crippen LogP contribution in [0.5, 0.6) is 11.5 Å². The van der Waals surface area contributed by atoms with Crippen molar-refractivity contribution in [1.82, 2.24) is 9.80 Å². The van der Waals surface area contributed by atoms with E-state index in [4.69, 9.17) is 9.47 Å². The fraction of sp³-hybridized carbons (Fsp3) is 0.424. The molecule has 0 amide bonds. The second-order valence-electron chi connectivity index (χ2n) is 10.3. The van der Waals surface area contributed by atoms with Crippen LogP contribution in [0.3, 0.4) is 0 Å². The van der Waals surface area contributed by atoms with Gasteiger partial charge < -0.3 is 14.4 Å². The molecule has 0 radical (unpaired) electrons. The van der Waals surface area contributed by atoms with Crippen molar-refractivity contribution in [3.63, 3.8) is 0 Å². The van der Waals surface area contributed by atoms with Crippen LogP contribution >= 0.6 is 0 Å². The van der Waals surface area contributed by atoms with E-state index in [0.717, 1.165) is 62.4 Å². The number of rotatable bonds is 13. The van der Waals surface area contributed by atoms with E-state index in [-0.39, 0.29) is 5.82 Å². The Morgan fingerprint density at radius 3 is 2.33 bits per heavy atom. The highest BCUT2D eigenvalue weighted by molar-refractivity contribution is 5.41. The first-order valence-electron chi connectivity index (χ1n) is 14.1. The molecule has 1 aliphatic rings. The third-order valence-electron chi connectivity index (χ3n) is 7.63. The third kappa shape index (κ3) is 8.54. The Labute approximate surface area is 232 Å². The molecule has 5 nitrogen and oxygen atoms in total. The maximum Gasteiger partial charge on any atom is 0.164 e. The van der Waals surface area contributed by atoms with Gasteiger partial charge in [0.05, 0.1) is 11.6 Å². The summed E-state index contributed by atoms with van der Waals surface area (Å²) in [5.41, 5.74) is 4.23. The topological polar surface area (TPSA) is 48.7 Å². The van der Waals surface area contributed by atoms with Gasteiger partial charge in [0, 0.05) is 38.8 Å². The van der Waals surface area contributed by atoms with Gasteiger partial charge in [0.15, 0.2) is 11.5 Å². The monoisotopic (exact) mass is 529 g/mol. The highest BCUT2D eigenvalue weighted by Crippen LogP contribution is 2.29. The van der Waals surface area contributed by atoms with E-state index in [1.165, 1.54) is 30.5 Å². The van der Waals surface area contributed by atoms with Crippen molar-refractivity contribution in [1.29, 1.82) is 5.26 Å². The Kier molecular flexibility index (Phi) is 10.8. The van der Waals surface area contributed by atoms with Crippen LogP contribution in [0.15, 0.2) is 66.7 Å². The molecule has 206 valence electrons. The van der Waals surface area contributed by atoms with Crippen LogP contribution in [0, 0.1) is 24.1 Å². The molecule has 0 bridgehead atoms. The molecule has 6 heteroatoms. The van der Waals surface area contributed by atoms with Crippen LogP contribution in [0.2, 0.25) is 0 Å². The van der Waals surface area contributed by atoms with E-state index in [0.29, 0.717) is 30.6 Å². The number of halogens is 1. The molecular formula is C33H40FN3O2. The smallest absolute Gasteiger partial charge is 0.164 e. The Hall–Kier alpha value is -3.40. The molecule has 1 unspecified atom stereocenters. The van der Waals surface area contributed by atoms with Crippen molar-refractivity contribution in [2.75, 3.05) is 45.9 Å². The average molecular weight is 530 g/mol. The first-order valence-corrected chi connectivity index (χ1v) is 14.1. The van der Waals surface area contributed by atoms with Crippen LogP contribution in [0.25, 0.3) is 0 Å². The van der Waals surface area contributed by atoms with E-state index in [2.05, 4.69) is 34.9 Å². The Morgan fingerprint density at radius 2 is 1.64 bits per heavy atom. The van der Waals surface area contributed by atoms with Gasteiger partial charge in [0.25, 0.3) is 0 Å². The van der Waals surface area contributed by atoms with Crippen molar-refractivity contribution in [3.05, 3.63) is 94.8 Å². The maximum atomic E-state index is 13.8. The van der Waals surface area contributed by atoms with E-state index in [9.17, 15) is 9.65 Å². The summed E-state index contributed by atoms with van der Waals surface area (Å²) < 4.78 is 25.7. The van der Waals surface area contributed by atoms with Gasteiger partial charge in [0.2, 0.25) is 0 Å². The molecule has 0 aliphatic carbocycles. The van der Waals surface area contributed by atoms with Gasteiger partial charge >= 0.3 is 0 Å². The van der Waals surface area contributed by atoms with Crippen molar-refractivity contribution in [3.8, 4) is 17.6 Å². The van der Waals surface area contributed by atoms with Gasteiger partial charge in [-0.15, -0.1) is 0 Å². The molecule has 1 fully saturated rings. The molecule has 0 N–H and O–H groups in total. The highest BCUT2D eigenvalue weighted by atomic mass is 19.1. The first kappa shape index (κ1) is 28.6. The number of hydrogen-bond acceptors (Lipinski definition) is 5. The Bertz CT molecular complexity index is 1220. The van der Waals surface area contributed by atoms with E-state index < -0.39 is 0 Å². The zero-order valence-electron chi connectivity index (χ0n) is 23.2. The number of benzene rings is 3. The van der Waals surface area contributed by atoms with Gasteiger partial charge in [-0.25, -0.2) is 4.39 Å². The minimum atomic E-state index is -0.334. The van der Waals surface area contributed by atoms with E-state index >= 15 is 0 Å². The molecule has 39 heavy (non-hydrogen) atoms. The number of piperazine rings is 1. The zero-order chi connectivity index (χ0) is 27.5. The molecule has 0 aromatic heterocycles. The molecule has 3 aromatic carbocycles. The van der Waals surface area contributed by atoms with Crippen LogP contribution < -0.4 is 9.47 Å². The number of ether oxygens (including phenoxy) is 2. The second-order valence-corrected chi connectivity index (χ2v) is 10.3. The number of nitrogens with zero attached hydrogens (tertiary/aromatic N) is 3. The lowest BCUT2D eigenvalue weighted by molar-refractivity contribution is 0.114. The summed E-state index contributed by atoms with van der Waals surface area (Å²) in [5.74, 6) is 1.22. The second kappa shape index (κ2) is 14.7. The van der Waals surface area contributed by atoms with Crippen molar-refractivity contribution < 1.29 is 13.9 Å². The lowest BCUT2D eigenvalue weighted by Gasteiger charge is -2.34.